The Kier molecular flexibility index (Phi) is 4.70. The molecule has 0 aromatic heterocycles. The smallest absolute Gasteiger partial charge is 0.251 e. The zero-order valence-corrected chi connectivity index (χ0v) is 12.8. The van der Waals surface area contributed by atoms with Crippen LogP contribution in [0.2, 0.25) is 0 Å². The highest BCUT2D eigenvalue weighted by molar-refractivity contribution is 5.94. The van der Waals surface area contributed by atoms with Crippen molar-refractivity contribution in [2.45, 2.75) is 31.2 Å². The molecule has 23 heavy (non-hydrogen) atoms. The molecule has 3 rings (SSSR count). The summed E-state index contributed by atoms with van der Waals surface area (Å²) in [7, 11) is 0. The number of nitrogens with one attached hydrogen (secondary N) is 1. The van der Waals surface area contributed by atoms with E-state index in [9.17, 15) is 4.79 Å². The normalized spacial score (nSPS) is 18.6. The quantitative estimate of drug-likeness (QED) is 0.786. The molecule has 0 atom stereocenters. The van der Waals surface area contributed by atoms with E-state index in [1.54, 1.807) is 12.1 Å². The second kappa shape index (κ2) is 6.90. The van der Waals surface area contributed by atoms with Crippen LogP contribution in [0, 0.1) is 12.3 Å². The summed E-state index contributed by atoms with van der Waals surface area (Å²) in [5.41, 5.74) is 1.16. The summed E-state index contributed by atoms with van der Waals surface area (Å²) in [5, 5.41) is 11.0. The average Bonchev–Trinajstić information content (AvgIpc) is 3.13. The van der Waals surface area contributed by atoms with Crippen LogP contribution < -0.4 is 5.32 Å². The molecular formula is C17H19N3O3. The highest BCUT2D eigenvalue weighted by Gasteiger charge is 2.38. The third-order valence-corrected chi connectivity index (χ3v) is 3.93. The number of rotatable bonds is 7. The van der Waals surface area contributed by atoms with Crippen molar-refractivity contribution in [2.75, 3.05) is 19.8 Å². The summed E-state index contributed by atoms with van der Waals surface area (Å²) in [6.07, 6.45) is 7.01. The first-order valence-electron chi connectivity index (χ1n) is 7.71. The van der Waals surface area contributed by atoms with Gasteiger partial charge in [0.05, 0.1) is 13.2 Å². The van der Waals surface area contributed by atoms with Crippen molar-refractivity contribution in [1.29, 1.82) is 0 Å². The second-order valence-corrected chi connectivity index (χ2v) is 5.59. The lowest BCUT2D eigenvalue weighted by Crippen LogP contribution is -2.28. The van der Waals surface area contributed by atoms with Crippen LogP contribution in [0.4, 0.5) is 0 Å². The van der Waals surface area contributed by atoms with Gasteiger partial charge in [0.25, 0.3) is 5.91 Å². The molecule has 1 fully saturated rings. The second-order valence-electron chi connectivity index (χ2n) is 5.59. The molecule has 1 saturated heterocycles. The third-order valence-electron chi connectivity index (χ3n) is 3.93. The van der Waals surface area contributed by atoms with Crippen LogP contribution >= 0.6 is 0 Å². The maximum Gasteiger partial charge on any atom is 0.251 e. The molecule has 120 valence electrons. The number of carbonyl (C=O) groups is 1. The monoisotopic (exact) mass is 313 g/mol. The van der Waals surface area contributed by atoms with Crippen molar-refractivity contribution in [3.63, 3.8) is 0 Å². The van der Waals surface area contributed by atoms with Crippen LogP contribution in [-0.2, 0) is 9.47 Å². The fraction of sp³-hybridized carbons (Fsp3) is 0.471. The number of hydrogen-bond donors (Lipinski definition) is 1. The maximum absolute atomic E-state index is 12.1. The molecule has 1 N–H and O–H groups in total. The van der Waals surface area contributed by atoms with Crippen LogP contribution in [0.1, 0.15) is 41.5 Å². The first kappa shape index (κ1) is 15.7. The minimum atomic E-state index is -0.360. The molecule has 6 nitrogen and oxygen atoms in total. The van der Waals surface area contributed by atoms with Crippen molar-refractivity contribution < 1.29 is 14.3 Å². The van der Waals surface area contributed by atoms with E-state index in [1.807, 2.05) is 12.1 Å². The van der Waals surface area contributed by atoms with E-state index in [2.05, 4.69) is 21.5 Å². The van der Waals surface area contributed by atoms with Gasteiger partial charge in [0.2, 0.25) is 0 Å². The van der Waals surface area contributed by atoms with Gasteiger partial charge >= 0.3 is 0 Å². The molecule has 0 bridgehead atoms. The summed E-state index contributed by atoms with van der Waals surface area (Å²) in [5.74, 6) is 2.48. The summed E-state index contributed by atoms with van der Waals surface area (Å²) < 4.78 is 10.8. The molecule has 2 aliphatic heterocycles. The van der Waals surface area contributed by atoms with Crippen LogP contribution in [0.15, 0.2) is 34.5 Å². The van der Waals surface area contributed by atoms with Gasteiger partial charge in [0.1, 0.15) is 0 Å². The van der Waals surface area contributed by atoms with Crippen molar-refractivity contribution in [2.24, 2.45) is 10.2 Å². The topological polar surface area (TPSA) is 72.3 Å². The number of ether oxygens (including phenoxy) is 2. The van der Waals surface area contributed by atoms with Crippen molar-refractivity contribution >= 4 is 5.91 Å². The molecule has 1 aromatic carbocycles. The lowest BCUT2D eigenvalue weighted by Gasteiger charge is -2.11. The van der Waals surface area contributed by atoms with Gasteiger partial charge in [-0.3, -0.25) is 4.79 Å². The molecule has 0 saturated carbocycles. The SMILES string of the molecule is C#CCCC1(CCNC(=O)c2ccc(C3OCCO3)cc2)N=N1. The predicted molar refractivity (Wildman–Crippen MR) is 83.7 cm³/mol. The molecule has 2 heterocycles. The van der Waals surface area contributed by atoms with Crippen molar-refractivity contribution in [1.82, 2.24) is 5.32 Å². The number of amides is 1. The number of terminal acetylenes is 1. The summed E-state index contributed by atoms with van der Waals surface area (Å²) >= 11 is 0. The molecular weight excluding hydrogens is 294 g/mol. The van der Waals surface area contributed by atoms with Crippen molar-refractivity contribution in [3.05, 3.63) is 35.4 Å². The van der Waals surface area contributed by atoms with Crippen LogP contribution in [0.3, 0.4) is 0 Å². The predicted octanol–water partition coefficient (Wildman–Crippen LogP) is 2.43. The molecule has 0 unspecified atom stereocenters. The van der Waals surface area contributed by atoms with Gasteiger partial charge in [-0.1, -0.05) is 12.1 Å². The Balaban J connectivity index is 1.46. The zero-order chi connectivity index (χ0) is 16.1. The van der Waals surface area contributed by atoms with E-state index in [0.717, 1.165) is 12.0 Å². The van der Waals surface area contributed by atoms with Crippen LogP contribution in [0.5, 0.6) is 0 Å². The average molecular weight is 313 g/mol. The number of nitrogens with zero attached hydrogens (tertiary/aromatic N) is 2. The van der Waals surface area contributed by atoms with Crippen molar-refractivity contribution in [3.8, 4) is 12.3 Å². The Labute approximate surface area is 135 Å². The molecule has 1 aromatic rings. The van der Waals surface area contributed by atoms with E-state index in [1.165, 1.54) is 0 Å². The molecule has 0 aliphatic carbocycles. The van der Waals surface area contributed by atoms with Crippen LogP contribution in [0.25, 0.3) is 0 Å². The van der Waals surface area contributed by atoms with Gasteiger partial charge in [-0.05, 0) is 12.1 Å². The Morgan fingerprint density at radius 3 is 2.57 bits per heavy atom. The Morgan fingerprint density at radius 1 is 1.26 bits per heavy atom. The van der Waals surface area contributed by atoms with Gasteiger partial charge in [0.15, 0.2) is 12.0 Å². The standard InChI is InChI=1S/C17H19N3O3/c1-2-3-8-17(19-20-17)9-10-18-15(21)13-4-6-14(7-5-13)16-22-11-12-23-16/h1,4-7,16H,3,8-12H2,(H,18,21). The lowest BCUT2D eigenvalue weighted by molar-refractivity contribution is -0.0441. The largest absolute Gasteiger partial charge is 0.352 e. The van der Waals surface area contributed by atoms with Crippen LogP contribution in [-0.4, -0.2) is 31.3 Å². The summed E-state index contributed by atoms with van der Waals surface area (Å²) in [6, 6.07) is 7.25. The summed E-state index contributed by atoms with van der Waals surface area (Å²) in [6.45, 7) is 1.72. The molecule has 6 heteroatoms. The number of carbonyl (C=O) groups excluding carboxylic acids is 1. The minimum Gasteiger partial charge on any atom is -0.352 e. The van der Waals surface area contributed by atoms with Gasteiger partial charge in [-0.25, -0.2) is 0 Å². The van der Waals surface area contributed by atoms with E-state index in [0.29, 0.717) is 38.2 Å². The molecule has 2 aliphatic rings. The van der Waals surface area contributed by atoms with Gasteiger partial charge < -0.3 is 14.8 Å². The maximum atomic E-state index is 12.1. The van der Waals surface area contributed by atoms with E-state index in [4.69, 9.17) is 15.9 Å². The minimum absolute atomic E-state index is 0.113. The fourth-order valence-electron chi connectivity index (χ4n) is 2.49. The first-order valence-corrected chi connectivity index (χ1v) is 7.71. The number of hydrogen-bond acceptors (Lipinski definition) is 5. The Bertz CT molecular complexity index is 621. The molecule has 0 radical (unpaired) electrons. The Morgan fingerprint density at radius 2 is 1.96 bits per heavy atom. The van der Waals surface area contributed by atoms with Gasteiger partial charge in [-0.15, -0.1) is 12.3 Å². The Hall–Kier alpha value is -2.23. The summed E-state index contributed by atoms with van der Waals surface area (Å²) in [4.78, 5) is 12.1. The fourth-order valence-corrected chi connectivity index (χ4v) is 2.49. The zero-order valence-electron chi connectivity index (χ0n) is 12.8. The van der Waals surface area contributed by atoms with E-state index >= 15 is 0 Å². The highest BCUT2D eigenvalue weighted by atomic mass is 16.7. The van der Waals surface area contributed by atoms with E-state index < -0.39 is 0 Å². The third kappa shape index (κ3) is 3.95. The lowest BCUT2D eigenvalue weighted by atomic mass is 10.0. The van der Waals surface area contributed by atoms with Gasteiger partial charge in [0, 0.05) is 36.9 Å². The van der Waals surface area contributed by atoms with E-state index in [-0.39, 0.29) is 17.9 Å². The van der Waals surface area contributed by atoms with Gasteiger partial charge in [-0.2, -0.15) is 10.2 Å². The highest BCUT2D eigenvalue weighted by Crippen LogP contribution is 2.36. The molecule has 0 spiro atoms. The molecule has 1 amide bonds. The first-order chi connectivity index (χ1) is 11.2. The number of benzene rings is 1.